The number of ether oxygens (including phenoxy) is 2. The first-order chi connectivity index (χ1) is 10.4. The number of sulfone groups is 1. The van der Waals surface area contributed by atoms with Crippen LogP contribution in [0.2, 0.25) is 0 Å². The molecule has 0 radical (unpaired) electrons. The summed E-state index contributed by atoms with van der Waals surface area (Å²) in [4.78, 5) is 11.1. The minimum absolute atomic E-state index is 0.0621. The Morgan fingerprint density at radius 3 is 2.27 bits per heavy atom. The second-order valence-corrected chi connectivity index (χ2v) is 6.70. The summed E-state index contributed by atoms with van der Waals surface area (Å²) in [7, 11) is -3.71. The molecule has 1 unspecified atom stereocenters. The van der Waals surface area contributed by atoms with E-state index >= 15 is 0 Å². The van der Waals surface area contributed by atoms with Crippen molar-refractivity contribution in [3.05, 3.63) is 48.0 Å². The molecule has 1 N–H and O–H groups in total. The van der Waals surface area contributed by atoms with Crippen molar-refractivity contribution < 1.29 is 27.8 Å². The van der Waals surface area contributed by atoms with E-state index in [1.54, 1.807) is 25.1 Å². The fourth-order valence-electron chi connectivity index (χ4n) is 2.20. The maximum atomic E-state index is 12.7. The van der Waals surface area contributed by atoms with E-state index in [1.165, 1.54) is 24.3 Å². The van der Waals surface area contributed by atoms with Gasteiger partial charge in [0.25, 0.3) is 0 Å². The largest absolute Gasteiger partial charge is 0.476 e. The number of hydrogen-bond acceptors (Lipinski definition) is 5. The van der Waals surface area contributed by atoms with Gasteiger partial charge in [0, 0.05) is 6.07 Å². The van der Waals surface area contributed by atoms with Crippen LogP contribution in [0.5, 0.6) is 11.5 Å². The van der Waals surface area contributed by atoms with Crippen LogP contribution in [0.3, 0.4) is 0 Å². The molecule has 114 valence electrons. The number of rotatable bonds is 3. The number of hydrogen-bond donors (Lipinski definition) is 1. The van der Waals surface area contributed by atoms with Gasteiger partial charge in [0.15, 0.2) is 11.5 Å². The van der Waals surface area contributed by atoms with Gasteiger partial charge in [0.2, 0.25) is 9.84 Å². The maximum absolute atomic E-state index is 12.7. The Hall–Kier alpha value is -2.54. The van der Waals surface area contributed by atoms with Crippen LogP contribution >= 0.6 is 0 Å². The van der Waals surface area contributed by atoms with E-state index in [-0.39, 0.29) is 21.3 Å². The molecule has 1 heterocycles. The van der Waals surface area contributed by atoms with Crippen molar-refractivity contribution in [2.75, 3.05) is 0 Å². The fraction of sp³-hybridized carbons (Fsp3) is 0.133. The van der Waals surface area contributed by atoms with Crippen LogP contribution in [0.4, 0.5) is 0 Å². The van der Waals surface area contributed by atoms with Crippen LogP contribution in [0.1, 0.15) is 5.56 Å². The SMILES string of the molecule is Cc1cc2c(cc1S(=O)(=O)c1ccccc1)OC(C(=O)O)O2. The Kier molecular flexibility index (Phi) is 3.29. The van der Waals surface area contributed by atoms with Crippen LogP contribution in [-0.2, 0) is 14.6 Å². The van der Waals surface area contributed by atoms with Gasteiger partial charge in [-0.1, -0.05) is 18.2 Å². The van der Waals surface area contributed by atoms with Crippen LogP contribution < -0.4 is 9.47 Å². The average molecular weight is 320 g/mol. The summed E-state index contributed by atoms with van der Waals surface area (Å²) in [6.07, 6.45) is -1.45. The summed E-state index contributed by atoms with van der Waals surface area (Å²) < 4.78 is 35.5. The maximum Gasteiger partial charge on any atom is 0.387 e. The molecule has 0 bridgehead atoms. The lowest BCUT2D eigenvalue weighted by Crippen LogP contribution is -2.28. The van der Waals surface area contributed by atoms with Crippen molar-refractivity contribution >= 4 is 15.8 Å². The van der Waals surface area contributed by atoms with Crippen LogP contribution in [0.15, 0.2) is 52.3 Å². The number of aliphatic carboxylic acids is 1. The first kappa shape index (κ1) is 14.4. The highest BCUT2D eigenvalue weighted by atomic mass is 32.2. The molecule has 6 nitrogen and oxygen atoms in total. The van der Waals surface area contributed by atoms with E-state index in [2.05, 4.69) is 0 Å². The van der Waals surface area contributed by atoms with Gasteiger partial charge in [-0.05, 0) is 30.7 Å². The minimum Gasteiger partial charge on any atom is -0.476 e. The Bertz CT molecular complexity index is 842. The first-order valence-electron chi connectivity index (χ1n) is 6.40. The highest BCUT2D eigenvalue weighted by Crippen LogP contribution is 2.39. The molecule has 1 aliphatic heterocycles. The summed E-state index contributed by atoms with van der Waals surface area (Å²) in [6.45, 7) is 1.62. The van der Waals surface area contributed by atoms with E-state index < -0.39 is 22.1 Å². The lowest BCUT2D eigenvalue weighted by Gasteiger charge is -2.09. The van der Waals surface area contributed by atoms with E-state index in [9.17, 15) is 13.2 Å². The second-order valence-electron chi connectivity index (χ2n) is 4.79. The summed E-state index contributed by atoms with van der Waals surface area (Å²) >= 11 is 0. The van der Waals surface area contributed by atoms with Gasteiger partial charge in [0.05, 0.1) is 9.79 Å². The molecule has 0 fully saturated rings. The molecule has 0 saturated carbocycles. The van der Waals surface area contributed by atoms with Gasteiger partial charge in [-0.3, -0.25) is 0 Å². The topological polar surface area (TPSA) is 89.9 Å². The molecule has 3 rings (SSSR count). The number of carbonyl (C=O) groups is 1. The Morgan fingerprint density at radius 1 is 1.09 bits per heavy atom. The second kappa shape index (κ2) is 5.03. The Morgan fingerprint density at radius 2 is 1.68 bits per heavy atom. The van der Waals surface area contributed by atoms with Crippen LogP contribution in [0, 0.1) is 6.92 Å². The van der Waals surface area contributed by atoms with Crippen LogP contribution in [-0.4, -0.2) is 25.8 Å². The van der Waals surface area contributed by atoms with Crippen molar-refractivity contribution in [2.24, 2.45) is 0 Å². The van der Waals surface area contributed by atoms with E-state index in [0.29, 0.717) is 5.56 Å². The number of fused-ring (bicyclic) bond motifs is 1. The first-order valence-corrected chi connectivity index (χ1v) is 7.89. The number of carboxylic acid groups (broad SMARTS) is 1. The van der Waals surface area contributed by atoms with Crippen molar-refractivity contribution in [1.82, 2.24) is 0 Å². The molecule has 0 spiro atoms. The molecule has 2 aromatic rings. The molecule has 7 heteroatoms. The zero-order valence-electron chi connectivity index (χ0n) is 11.5. The molecular weight excluding hydrogens is 308 g/mol. The molecular formula is C15H12O6S. The summed E-state index contributed by atoms with van der Waals surface area (Å²) in [5.41, 5.74) is 0.456. The fourth-order valence-corrected chi connectivity index (χ4v) is 3.71. The molecule has 0 saturated heterocycles. The Balaban J connectivity index is 2.08. The average Bonchev–Trinajstić information content (AvgIpc) is 2.90. The molecule has 0 aromatic heterocycles. The Labute approximate surface area is 126 Å². The molecule has 0 amide bonds. The molecule has 1 atom stereocenters. The zero-order valence-corrected chi connectivity index (χ0v) is 12.3. The van der Waals surface area contributed by atoms with Crippen molar-refractivity contribution in [1.29, 1.82) is 0 Å². The highest BCUT2D eigenvalue weighted by molar-refractivity contribution is 7.91. The summed E-state index contributed by atoms with van der Waals surface area (Å²) in [5.74, 6) is -0.953. The normalized spacial score (nSPS) is 16.5. The molecule has 22 heavy (non-hydrogen) atoms. The van der Waals surface area contributed by atoms with Crippen molar-refractivity contribution in [3.8, 4) is 11.5 Å². The third kappa shape index (κ3) is 2.29. The molecule has 2 aromatic carbocycles. The minimum atomic E-state index is -3.71. The zero-order chi connectivity index (χ0) is 15.9. The predicted molar refractivity (Wildman–Crippen MR) is 75.8 cm³/mol. The number of carboxylic acids is 1. The quantitative estimate of drug-likeness (QED) is 0.930. The monoisotopic (exact) mass is 320 g/mol. The summed E-state index contributed by atoms with van der Waals surface area (Å²) in [6, 6.07) is 10.8. The standard InChI is InChI=1S/C15H12O6S/c1-9-7-11-12(21-15(20-11)14(16)17)8-13(9)22(18,19)10-5-3-2-4-6-10/h2-8,15H,1H3,(H,16,17). The van der Waals surface area contributed by atoms with Gasteiger partial charge in [0.1, 0.15) is 0 Å². The predicted octanol–water partition coefficient (Wildman–Crippen LogP) is 2.01. The van der Waals surface area contributed by atoms with Gasteiger partial charge in [-0.2, -0.15) is 0 Å². The number of aryl methyl sites for hydroxylation is 1. The number of benzene rings is 2. The smallest absolute Gasteiger partial charge is 0.387 e. The highest BCUT2D eigenvalue weighted by Gasteiger charge is 2.33. The van der Waals surface area contributed by atoms with Gasteiger partial charge < -0.3 is 14.6 Å². The van der Waals surface area contributed by atoms with E-state index in [0.717, 1.165) is 0 Å². The van der Waals surface area contributed by atoms with Crippen molar-refractivity contribution in [2.45, 2.75) is 23.0 Å². The van der Waals surface area contributed by atoms with Gasteiger partial charge in [-0.15, -0.1) is 0 Å². The van der Waals surface area contributed by atoms with Gasteiger partial charge >= 0.3 is 12.3 Å². The van der Waals surface area contributed by atoms with Crippen LogP contribution in [0.25, 0.3) is 0 Å². The van der Waals surface area contributed by atoms with E-state index in [1.807, 2.05) is 0 Å². The molecule has 1 aliphatic rings. The van der Waals surface area contributed by atoms with Gasteiger partial charge in [-0.25, -0.2) is 13.2 Å². The lowest BCUT2D eigenvalue weighted by atomic mass is 10.2. The third-order valence-electron chi connectivity index (χ3n) is 3.25. The van der Waals surface area contributed by atoms with E-state index in [4.69, 9.17) is 14.6 Å². The van der Waals surface area contributed by atoms with Crippen molar-refractivity contribution in [3.63, 3.8) is 0 Å². The summed E-state index contributed by atoms with van der Waals surface area (Å²) in [5, 5.41) is 8.89. The molecule has 0 aliphatic carbocycles. The third-order valence-corrected chi connectivity index (χ3v) is 5.17. The lowest BCUT2D eigenvalue weighted by molar-refractivity contribution is -0.154.